The van der Waals surface area contributed by atoms with E-state index in [1.165, 1.54) is 5.56 Å². The quantitative estimate of drug-likeness (QED) is 0.717. The van der Waals surface area contributed by atoms with E-state index in [-0.39, 0.29) is 18.4 Å². The molecule has 1 N–H and O–H groups in total. The number of piperidine rings is 1. The maximum atomic E-state index is 12.8. The van der Waals surface area contributed by atoms with Gasteiger partial charge in [0, 0.05) is 38.8 Å². The molecule has 0 bridgehead atoms. The first kappa shape index (κ1) is 22.0. The second-order valence-corrected chi connectivity index (χ2v) is 10.5. The summed E-state index contributed by atoms with van der Waals surface area (Å²) in [6.45, 7) is 3.92. The maximum absolute atomic E-state index is 12.8. The predicted octanol–water partition coefficient (Wildman–Crippen LogP) is 2.79. The van der Waals surface area contributed by atoms with Crippen LogP contribution in [0.5, 0.6) is 0 Å². The van der Waals surface area contributed by atoms with Gasteiger partial charge < -0.3 is 5.32 Å². The lowest BCUT2D eigenvalue weighted by molar-refractivity contribution is -0.121. The van der Waals surface area contributed by atoms with Gasteiger partial charge in [0.25, 0.3) is 0 Å². The van der Waals surface area contributed by atoms with Crippen molar-refractivity contribution < 1.29 is 13.2 Å². The molecule has 1 atom stereocenters. The van der Waals surface area contributed by atoms with Crippen molar-refractivity contribution in [1.29, 1.82) is 0 Å². The second-order valence-electron chi connectivity index (χ2n) is 8.56. The van der Waals surface area contributed by atoms with E-state index >= 15 is 0 Å². The number of rotatable bonds is 7. The van der Waals surface area contributed by atoms with Crippen molar-refractivity contribution in [3.63, 3.8) is 0 Å². The van der Waals surface area contributed by atoms with Gasteiger partial charge in [0.05, 0.1) is 11.3 Å². The first-order valence-electron chi connectivity index (χ1n) is 11.2. The molecule has 2 aliphatic rings. The normalized spacial score (nSPS) is 20.6. The van der Waals surface area contributed by atoms with E-state index in [0.29, 0.717) is 18.0 Å². The molecule has 2 saturated heterocycles. The first-order chi connectivity index (χ1) is 15.0. The van der Waals surface area contributed by atoms with Crippen molar-refractivity contribution >= 4 is 15.9 Å². The molecule has 6 nitrogen and oxygen atoms in total. The first-order valence-corrected chi connectivity index (χ1v) is 12.6. The van der Waals surface area contributed by atoms with E-state index in [0.717, 1.165) is 50.9 Å². The zero-order valence-corrected chi connectivity index (χ0v) is 18.7. The van der Waals surface area contributed by atoms with Crippen LogP contribution in [0.1, 0.15) is 36.8 Å². The Morgan fingerprint density at radius 3 is 2.32 bits per heavy atom. The molecule has 0 spiro atoms. The summed E-state index contributed by atoms with van der Waals surface area (Å²) in [7, 11) is -3.43. The molecule has 0 aliphatic carbocycles. The summed E-state index contributed by atoms with van der Waals surface area (Å²) in [6.07, 6.45) is 4.14. The topological polar surface area (TPSA) is 69.7 Å². The molecule has 0 aromatic heterocycles. The minimum Gasteiger partial charge on any atom is -0.352 e. The Morgan fingerprint density at radius 1 is 0.903 bits per heavy atom. The molecule has 2 aromatic carbocycles. The predicted molar refractivity (Wildman–Crippen MR) is 121 cm³/mol. The third-order valence-electron chi connectivity index (χ3n) is 6.13. The minimum absolute atomic E-state index is 0.0156. The van der Waals surface area contributed by atoms with Crippen molar-refractivity contribution in [1.82, 2.24) is 14.5 Å². The summed E-state index contributed by atoms with van der Waals surface area (Å²) in [6, 6.07) is 17.3. The molecule has 1 unspecified atom stereocenters. The molecule has 166 valence electrons. The van der Waals surface area contributed by atoms with Gasteiger partial charge in [0.15, 0.2) is 0 Å². The van der Waals surface area contributed by atoms with Crippen molar-refractivity contribution in [2.45, 2.75) is 49.6 Å². The molecule has 2 heterocycles. The van der Waals surface area contributed by atoms with Crippen molar-refractivity contribution in [3.8, 4) is 0 Å². The summed E-state index contributed by atoms with van der Waals surface area (Å²) in [4.78, 5) is 15.2. The Kier molecular flexibility index (Phi) is 7.05. The highest BCUT2D eigenvalue weighted by Crippen LogP contribution is 2.21. The molecule has 0 radical (unpaired) electrons. The molecule has 0 saturated carbocycles. The van der Waals surface area contributed by atoms with Gasteiger partial charge in [-0.15, -0.1) is 0 Å². The summed E-state index contributed by atoms with van der Waals surface area (Å²) >= 11 is 0. The Bertz CT molecular complexity index is 971. The van der Waals surface area contributed by atoms with Gasteiger partial charge in [-0.1, -0.05) is 48.9 Å². The number of amides is 1. The molecule has 4 rings (SSSR count). The third-order valence-corrected chi connectivity index (χ3v) is 8.04. The van der Waals surface area contributed by atoms with Gasteiger partial charge in [-0.2, -0.15) is 4.31 Å². The van der Waals surface area contributed by atoms with Crippen molar-refractivity contribution in [3.05, 3.63) is 65.7 Å². The van der Waals surface area contributed by atoms with Gasteiger partial charge in [-0.3, -0.25) is 9.69 Å². The van der Waals surface area contributed by atoms with Crippen LogP contribution in [0.15, 0.2) is 59.5 Å². The number of hydrogen-bond acceptors (Lipinski definition) is 4. The zero-order valence-electron chi connectivity index (χ0n) is 17.9. The van der Waals surface area contributed by atoms with Crippen LogP contribution in [0.2, 0.25) is 0 Å². The van der Waals surface area contributed by atoms with Crippen molar-refractivity contribution in [2.75, 3.05) is 26.2 Å². The fourth-order valence-corrected chi connectivity index (χ4v) is 5.95. The van der Waals surface area contributed by atoms with Gasteiger partial charge >= 0.3 is 0 Å². The van der Waals surface area contributed by atoms with Crippen LogP contribution in [-0.4, -0.2) is 55.8 Å². The maximum Gasteiger partial charge on any atom is 0.243 e. The number of nitrogens with one attached hydrogen (secondary N) is 1. The number of benzene rings is 2. The largest absolute Gasteiger partial charge is 0.352 e. The standard InChI is InChI=1S/C24H31N3O3S/c28-24(25-22-13-16-26(19-22)18-21-7-3-1-4-8-21)17-20-9-11-23(12-10-20)31(29,30)27-14-5-2-6-15-27/h1,3-4,7-12,22H,2,5-6,13-19H2,(H,25,28). The average molecular weight is 442 g/mol. The SMILES string of the molecule is O=C(Cc1ccc(S(=O)(=O)N2CCCCC2)cc1)NC1CCN(Cc2ccccc2)C1. The Balaban J connectivity index is 1.27. The van der Waals surface area contributed by atoms with Crippen molar-refractivity contribution in [2.24, 2.45) is 0 Å². The summed E-state index contributed by atoms with van der Waals surface area (Å²) in [5.41, 5.74) is 2.11. The van der Waals surface area contributed by atoms with Crippen LogP contribution in [0.3, 0.4) is 0 Å². The van der Waals surface area contributed by atoms with Crippen LogP contribution < -0.4 is 5.32 Å². The Labute approximate surface area is 185 Å². The van der Waals surface area contributed by atoms with E-state index in [9.17, 15) is 13.2 Å². The van der Waals surface area contributed by atoms with E-state index < -0.39 is 10.0 Å². The van der Waals surface area contributed by atoms with E-state index in [4.69, 9.17) is 0 Å². The van der Waals surface area contributed by atoms with Gasteiger partial charge in [-0.05, 0) is 42.5 Å². The molecule has 31 heavy (non-hydrogen) atoms. The summed E-state index contributed by atoms with van der Waals surface area (Å²) in [5, 5.41) is 3.13. The number of likely N-dealkylation sites (tertiary alicyclic amines) is 1. The number of hydrogen-bond donors (Lipinski definition) is 1. The monoisotopic (exact) mass is 441 g/mol. The lowest BCUT2D eigenvalue weighted by Gasteiger charge is -2.25. The highest BCUT2D eigenvalue weighted by atomic mass is 32.2. The highest BCUT2D eigenvalue weighted by molar-refractivity contribution is 7.89. The smallest absolute Gasteiger partial charge is 0.243 e. The molecule has 7 heteroatoms. The van der Waals surface area contributed by atoms with Gasteiger partial charge in [-0.25, -0.2) is 8.42 Å². The van der Waals surface area contributed by atoms with Crippen LogP contribution in [-0.2, 0) is 27.8 Å². The lowest BCUT2D eigenvalue weighted by atomic mass is 10.1. The minimum atomic E-state index is -3.43. The Morgan fingerprint density at radius 2 is 1.61 bits per heavy atom. The molecular weight excluding hydrogens is 410 g/mol. The third kappa shape index (κ3) is 5.73. The number of nitrogens with zero attached hydrogens (tertiary/aromatic N) is 2. The lowest BCUT2D eigenvalue weighted by Crippen LogP contribution is -2.37. The van der Waals surface area contributed by atoms with Crippen LogP contribution in [0.25, 0.3) is 0 Å². The molecule has 2 aromatic rings. The summed E-state index contributed by atoms with van der Waals surface area (Å²) < 4.78 is 27.1. The Hall–Kier alpha value is -2.22. The second kappa shape index (κ2) is 9.94. The van der Waals surface area contributed by atoms with Crippen LogP contribution >= 0.6 is 0 Å². The van der Waals surface area contributed by atoms with E-state index in [2.05, 4.69) is 22.3 Å². The molecule has 2 fully saturated rings. The van der Waals surface area contributed by atoms with Crippen LogP contribution in [0, 0.1) is 0 Å². The fourth-order valence-electron chi connectivity index (χ4n) is 4.43. The van der Waals surface area contributed by atoms with Gasteiger partial charge in [0.2, 0.25) is 15.9 Å². The zero-order chi connectivity index (χ0) is 21.7. The molecule has 1 amide bonds. The van der Waals surface area contributed by atoms with Gasteiger partial charge in [0.1, 0.15) is 0 Å². The number of carbonyl (C=O) groups excluding carboxylic acids is 1. The van der Waals surface area contributed by atoms with Crippen LogP contribution in [0.4, 0.5) is 0 Å². The van der Waals surface area contributed by atoms with E-state index in [1.807, 2.05) is 18.2 Å². The molecule has 2 aliphatic heterocycles. The van der Waals surface area contributed by atoms with E-state index in [1.54, 1.807) is 28.6 Å². The number of carbonyl (C=O) groups is 1. The highest BCUT2D eigenvalue weighted by Gasteiger charge is 2.26. The summed E-state index contributed by atoms with van der Waals surface area (Å²) in [5.74, 6) is -0.0156. The average Bonchev–Trinajstić information content (AvgIpc) is 3.22. The fraction of sp³-hybridized carbons (Fsp3) is 0.458. The molecular formula is C24H31N3O3S. The number of sulfonamides is 1.